The molecule has 1 aromatic carbocycles. The van der Waals surface area contributed by atoms with Gasteiger partial charge in [0.1, 0.15) is 0 Å². The minimum atomic E-state index is 0.0579. The van der Waals surface area contributed by atoms with Crippen LogP contribution in [0.25, 0.3) is 11.6 Å². The molecular weight excluding hydrogens is 384 g/mol. The third-order valence-corrected chi connectivity index (χ3v) is 6.40. The molecule has 0 aliphatic heterocycles. The molecule has 1 N–H and O–H groups in total. The van der Waals surface area contributed by atoms with Crippen molar-refractivity contribution in [1.29, 1.82) is 0 Å². The molecule has 2 heterocycles. The van der Waals surface area contributed by atoms with Crippen LogP contribution in [0, 0.1) is 5.92 Å². The summed E-state index contributed by atoms with van der Waals surface area (Å²) in [5.74, 6) is 2.27. The second-order valence-corrected chi connectivity index (χ2v) is 8.52. The SMILES string of the molecule is C[C@@H]1CCCC[C@@H]1NC(=O)CSc1nnc(-c2ccco2)n1Cc1ccccc1. The first-order valence-corrected chi connectivity index (χ1v) is 11.1. The Hall–Kier alpha value is -2.54. The van der Waals surface area contributed by atoms with Crippen LogP contribution in [0.2, 0.25) is 0 Å². The van der Waals surface area contributed by atoms with Crippen LogP contribution in [0.3, 0.4) is 0 Å². The summed E-state index contributed by atoms with van der Waals surface area (Å²) in [6, 6.07) is 14.2. The topological polar surface area (TPSA) is 73.0 Å². The molecule has 1 aliphatic carbocycles. The van der Waals surface area contributed by atoms with E-state index < -0.39 is 0 Å². The third-order valence-electron chi connectivity index (χ3n) is 5.43. The van der Waals surface area contributed by atoms with Crippen molar-refractivity contribution in [2.75, 3.05) is 5.75 Å². The molecule has 0 saturated heterocycles. The molecule has 0 spiro atoms. The van der Waals surface area contributed by atoms with E-state index in [4.69, 9.17) is 4.42 Å². The van der Waals surface area contributed by atoms with Crippen molar-refractivity contribution in [3.63, 3.8) is 0 Å². The highest BCUT2D eigenvalue weighted by Gasteiger charge is 2.23. The molecule has 3 aromatic rings. The number of nitrogens with one attached hydrogen (secondary N) is 1. The van der Waals surface area contributed by atoms with Gasteiger partial charge in [0.25, 0.3) is 0 Å². The van der Waals surface area contributed by atoms with Gasteiger partial charge in [0, 0.05) is 6.04 Å². The van der Waals surface area contributed by atoms with Crippen molar-refractivity contribution in [2.24, 2.45) is 5.92 Å². The molecular formula is C22H26N4O2S. The van der Waals surface area contributed by atoms with Crippen molar-refractivity contribution in [3.05, 3.63) is 54.3 Å². The fourth-order valence-corrected chi connectivity index (χ4v) is 4.55. The smallest absolute Gasteiger partial charge is 0.230 e. The Balaban J connectivity index is 1.47. The Labute approximate surface area is 175 Å². The molecule has 0 bridgehead atoms. The van der Waals surface area contributed by atoms with Gasteiger partial charge in [-0.1, -0.05) is 61.9 Å². The Morgan fingerprint density at radius 3 is 2.76 bits per heavy atom. The Morgan fingerprint density at radius 1 is 1.17 bits per heavy atom. The van der Waals surface area contributed by atoms with Gasteiger partial charge in [-0.3, -0.25) is 9.36 Å². The number of hydrogen-bond acceptors (Lipinski definition) is 5. The van der Waals surface area contributed by atoms with Gasteiger partial charge >= 0.3 is 0 Å². The van der Waals surface area contributed by atoms with E-state index in [9.17, 15) is 4.79 Å². The number of carbonyl (C=O) groups is 1. The first-order chi connectivity index (χ1) is 14.2. The number of amides is 1. The van der Waals surface area contributed by atoms with E-state index in [1.165, 1.54) is 31.0 Å². The maximum atomic E-state index is 12.5. The molecule has 0 unspecified atom stereocenters. The minimum absolute atomic E-state index is 0.0579. The lowest BCUT2D eigenvalue weighted by Crippen LogP contribution is -2.41. The molecule has 152 valence electrons. The van der Waals surface area contributed by atoms with Crippen LogP contribution >= 0.6 is 11.8 Å². The van der Waals surface area contributed by atoms with Crippen LogP contribution in [0.15, 0.2) is 58.3 Å². The van der Waals surface area contributed by atoms with E-state index in [0.29, 0.717) is 35.0 Å². The molecule has 2 aromatic heterocycles. The van der Waals surface area contributed by atoms with Gasteiger partial charge in [0.2, 0.25) is 11.7 Å². The lowest BCUT2D eigenvalue weighted by atomic mass is 9.86. The first-order valence-electron chi connectivity index (χ1n) is 10.1. The van der Waals surface area contributed by atoms with Crippen LogP contribution in [0.4, 0.5) is 0 Å². The Morgan fingerprint density at radius 2 is 2.00 bits per heavy atom. The van der Waals surface area contributed by atoms with Gasteiger partial charge in [-0.15, -0.1) is 10.2 Å². The zero-order valence-electron chi connectivity index (χ0n) is 16.6. The van der Waals surface area contributed by atoms with Crippen LogP contribution in [0.5, 0.6) is 0 Å². The summed E-state index contributed by atoms with van der Waals surface area (Å²) < 4.78 is 7.55. The molecule has 7 heteroatoms. The normalized spacial score (nSPS) is 19.2. The van der Waals surface area contributed by atoms with Crippen LogP contribution < -0.4 is 5.32 Å². The van der Waals surface area contributed by atoms with E-state index in [1.54, 1.807) is 6.26 Å². The summed E-state index contributed by atoms with van der Waals surface area (Å²) >= 11 is 1.42. The maximum absolute atomic E-state index is 12.5. The number of carbonyl (C=O) groups excluding carboxylic acids is 1. The summed E-state index contributed by atoms with van der Waals surface area (Å²) in [7, 11) is 0. The third kappa shape index (κ3) is 4.90. The molecule has 0 radical (unpaired) electrons. The molecule has 4 rings (SSSR count). The van der Waals surface area contributed by atoms with Gasteiger partial charge < -0.3 is 9.73 Å². The van der Waals surface area contributed by atoms with Gasteiger partial charge in [0.05, 0.1) is 18.6 Å². The number of hydrogen-bond donors (Lipinski definition) is 1. The second kappa shape index (κ2) is 9.31. The van der Waals surface area contributed by atoms with Gasteiger partial charge in [-0.2, -0.15) is 0 Å². The van der Waals surface area contributed by atoms with Gasteiger partial charge in [-0.05, 0) is 36.5 Å². The highest BCUT2D eigenvalue weighted by molar-refractivity contribution is 7.99. The summed E-state index contributed by atoms with van der Waals surface area (Å²) in [6.07, 6.45) is 6.35. The minimum Gasteiger partial charge on any atom is -0.461 e. The predicted molar refractivity (Wildman–Crippen MR) is 114 cm³/mol. The zero-order chi connectivity index (χ0) is 20.1. The van der Waals surface area contributed by atoms with Crippen molar-refractivity contribution in [2.45, 2.75) is 50.4 Å². The molecule has 1 saturated carbocycles. The predicted octanol–water partition coefficient (Wildman–Crippen LogP) is 4.37. The lowest BCUT2D eigenvalue weighted by molar-refractivity contribution is -0.119. The van der Waals surface area contributed by atoms with Gasteiger partial charge in [0.15, 0.2) is 10.9 Å². The van der Waals surface area contributed by atoms with Crippen molar-refractivity contribution < 1.29 is 9.21 Å². The summed E-state index contributed by atoms with van der Waals surface area (Å²) in [4.78, 5) is 12.5. The number of nitrogens with zero attached hydrogens (tertiary/aromatic N) is 3. The van der Waals surface area contributed by atoms with Gasteiger partial charge in [-0.25, -0.2) is 0 Å². The van der Waals surface area contributed by atoms with Crippen LogP contribution in [-0.2, 0) is 11.3 Å². The van der Waals surface area contributed by atoms with E-state index >= 15 is 0 Å². The highest BCUT2D eigenvalue weighted by atomic mass is 32.2. The largest absolute Gasteiger partial charge is 0.461 e. The monoisotopic (exact) mass is 410 g/mol. The zero-order valence-corrected chi connectivity index (χ0v) is 17.4. The molecule has 1 amide bonds. The summed E-state index contributed by atoms with van der Waals surface area (Å²) in [5.41, 5.74) is 1.14. The van der Waals surface area contributed by atoms with E-state index in [-0.39, 0.29) is 11.9 Å². The van der Waals surface area contributed by atoms with Crippen molar-refractivity contribution in [3.8, 4) is 11.6 Å². The number of rotatable bonds is 7. The fraction of sp³-hybridized carbons (Fsp3) is 0.409. The molecule has 6 nitrogen and oxygen atoms in total. The quantitative estimate of drug-likeness (QED) is 0.586. The van der Waals surface area contributed by atoms with Crippen molar-refractivity contribution in [1.82, 2.24) is 20.1 Å². The first kappa shape index (κ1) is 19.8. The summed E-state index contributed by atoms with van der Waals surface area (Å²) in [5, 5.41) is 12.6. The number of furan rings is 1. The van der Waals surface area contributed by atoms with Crippen LogP contribution in [-0.4, -0.2) is 32.5 Å². The fourth-order valence-electron chi connectivity index (χ4n) is 3.80. The Kier molecular flexibility index (Phi) is 6.34. The second-order valence-electron chi connectivity index (χ2n) is 7.58. The number of benzene rings is 1. The molecule has 1 fully saturated rings. The average molecular weight is 411 g/mol. The van der Waals surface area contributed by atoms with E-state index in [1.807, 2.05) is 34.9 Å². The standard InChI is InChI=1S/C22H26N4O2S/c1-16-8-5-6-11-18(16)23-20(27)15-29-22-25-24-21(19-12-7-13-28-19)26(22)14-17-9-3-2-4-10-17/h2-4,7,9-10,12-13,16,18H,5-6,8,11,14-15H2,1H3,(H,23,27)/t16-,18+/m1/s1. The van der Waals surface area contributed by atoms with Crippen LogP contribution in [0.1, 0.15) is 38.2 Å². The molecule has 1 aliphatic rings. The van der Waals surface area contributed by atoms with Crippen molar-refractivity contribution >= 4 is 17.7 Å². The summed E-state index contributed by atoms with van der Waals surface area (Å²) in [6.45, 7) is 2.84. The lowest BCUT2D eigenvalue weighted by Gasteiger charge is -2.29. The maximum Gasteiger partial charge on any atom is 0.230 e. The molecule has 29 heavy (non-hydrogen) atoms. The van der Waals surface area contributed by atoms with E-state index in [2.05, 4.69) is 34.6 Å². The van der Waals surface area contributed by atoms with E-state index in [0.717, 1.165) is 12.0 Å². The average Bonchev–Trinajstić information content (AvgIpc) is 3.39. The Bertz CT molecular complexity index is 924. The highest BCUT2D eigenvalue weighted by Crippen LogP contribution is 2.26. The molecule has 2 atom stereocenters. The number of aromatic nitrogens is 3. The number of thioether (sulfide) groups is 1.